The topological polar surface area (TPSA) is 116 Å². The molecular weight excluding hydrogens is 510 g/mol. The summed E-state index contributed by atoms with van der Waals surface area (Å²) < 4.78 is 49.8. The quantitative estimate of drug-likeness (QED) is 0.260. The zero-order valence-corrected chi connectivity index (χ0v) is 22.5. The molecule has 11 heteroatoms. The summed E-state index contributed by atoms with van der Waals surface area (Å²) in [4.78, 5) is 12.7. The Morgan fingerprint density at radius 3 is 2.29 bits per heavy atom. The predicted octanol–water partition coefficient (Wildman–Crippen LogP) is 3.45. The van der Waals surface area contributed by atoms with Crippen molar-refractivity contribution >= 4 is 22.1 Å². The Labute approximate surface area is 222 Å². The number of hydrazone groups is 1. The number of benzene rings is 3. The number of amides is 1. The Morgan fingerprint density at radius 2 is 1.63 bits per heavy atom. The van der Waals surface area contributed by atoms with Gasteiger partial charge in [-0.2, -0.15) is 9.41 Å². The van der Waals surface area contributed by atoms with Crippen molar-refractivity contribution in [1.29, 1.82) is 0 Å². The van der Waals surface area contributed by atoms with Gasteiger partial charge >= 0.3 is 0 Å². The SMILES string of the molecule is CCOc1ccc(/C=N/NC(=O)CN(Cc2ccccc2)S(=O)(=O)c2cc(OC)ccc2OC)cc1OC. The largest absolute Gasteiger partial charge is 0.497 e. The summed E-state index contributed by atoms with van der Waals surface area (Å²) in [6, 6.07) is 18.6. The van der Waals surface area contributed by atoms with Crippen molar-refractivity contribution in [1.82, 2.24) is 9.73 Å². The van der Waals surface area contributed by atoms with E-state index >= 15 is 0 Å². The van der Waals surface area contributed by atoms with Gasteiger partial charge in [-0.1, -0.05) is 30.3 Å². The third kappa shape index (κ3) is 7.24. The molecule has 0 atom stereocenters. The molecule has 3 rings (SSSR count). The normalized spacial score (nSPS) is 11.4. The maximum Gasteiger partial charge on any atom is 0.255 e. The minimum Gasteiger partial charge on any atom is -0.497 e. The first-order chi connectivity index (χ1) is 18.3. The number of hydrogen-bond donors (Lipinski definition) is 1. The lowest BCUT2D eigenvalue weighted by Gasteiger charge is -2.23. The van der Waals surface area contributed by atoms with Crippen LogP contribution < -0.4 is 24.4 Å². The van der Waals surface area contributed by atoms with E-state index in [4.69, 9.17) is 18.9 Å². The molecule has 0 aliphatic carbocycles. The van der Waals surface area contributed by atoms with Crippen molar-refractivity contribution in [3.05, 3.63) is 77.9 Å². The van der Waals surface area contributed by atoms with E-state index < -0.39 is 22.5 Å². The molecule has 3 aromatic carbocycles. The van der Waals surface area contributed by atoms with E-state index in [1.54, 1.807) is 48.5 Å². The van der Waals surface area contributed by atoms with Crippen LogP contribution in [-0.2, 0) is 21.4 Å². The summed E-state index contributed by atoms with van der Waals surface area (Å²) >= 11 is 0. The third-order valence-corrected chi connectivity index (χ3v) is 7.21. The Morgan fingerprint density at radius 1 is 0.921 bits per heavy atom. The zero-order chi connectivity index (χ0) is 27.5. The molecule has 0 aliphatic heterocycles. The van der Waals surface area contributed by atoms with Gasteiger partial charge in [0.2, 0.25) is 10.0 Å². The van der Waals surface area contributed by atoms with E-state index in [0.29, 0.717) is 35.0 Å². The lowest BCUT2D eigenvalue weighted by molar-refractivity contribution is -0.121. The molecule has 0 unspecified atom stereocenters. The summed E-state index contributed by atoms with van der Waals surface area (Å²) in [6.07, 6.45) is 1.43. The number of methoxy groups -OCH3 is 3. The van der Waals surface area contributed by atoms with Crippen LogP contribution in [-0.4, -0.2) is 59.3 Å². The van der Waals surface area contributed by atoms with E-state index in [-0.39, 0.29) is 17.2 Å². The van der Waals surface area contributed by atoms with Crippen LogP contribution in [0.5, 0.6) is 23.0 Å². The van der Waals surface area contributed by atoms with Crippen LogP contribution in [0.4, 0.5) is 0 Å². The number of nitrogens with one attached hydrogen (secondary N) is 1. The molecule has 38 heavy (non-hydrogen) atoms. The predicted molar refractivity (Wildman–Crippen MR) is 143 cm³/mol. The summed E-state index contributed by atoms with van der Waals surface area (Å²) in [5.41, 5.74) is 3.75. The van der Waals surface area contributed by atoms with Crippen molar-refractivity contribution in [2.75, 3.05) is 34.5 Å². The van der Waals surface area contributed by atoms with Gasteiger partial charge in [0, 0.05) is 12.6 Å². The molecule has 0 heterocycles. The van der Waals surface area contributed by atoms with Crippen LogP contribution >= 0.6 is 0 Å². The summed E-state index contributed by atoms with van der Waals surface area (Å²) in [6.45, 7) is 1.83. The average molecular weight is 542 g/mol. The van der Waals surface area contributed by atoms with Crippen molar-refractivity contribution in [3.8, 4) is 23.0 Å². The van der Waals surface area contributed by atoms with E-state index in [9.17, 15) is 13.2 Å². The number of carbonyl (C=O) groups is 1. The Hall–Kier alpha value is -4.09. The molecule has 3 aromatic rings. The van der Waals surface area contributed by atoms with Gasteiger partial charge in [-0.25, -0.2) is 13.8 Å². The van der Waals surface area contributed by atoms with Gasteiger partial charge in [-0.05, 0) is 48.4 Å². The molecule has 1 N–H and O–H groups in total. The number of carbonyl (C=O) groups excluding carboxylic acids is 1. The van der Waals surface area contributed by atoms with Gasteiger partial charge in [0.05, 0.1) is 40.7 Å². The van der Waals surface area contributed by atoms with Crippen molar-refractivity contribution in [2.24, 2.45) is 5.10 Å². The number of sulfonamides is 1. The fraction of sp³-hybridized carbons (Fsp3) is 0.259. The molecule has 0 aromatic heterocycles. The van der Waals surface area contributed by atoms with Crippen LogP contribution in [0.15, 0.2) is 76.7 Å². The Bertz CT molecular complexity index is 1360. The van der Waals surface area contributed by atoms with Gasteiger partial charge in [0.15, 0.2) is 11.5 Å². The molecule has 0 aliphatic rings. The lowest BCUT2D eigenvalue weighted by Crippen LogP contribution is -2.39. The number of ether oxygens (including phenoxy) is 4. The molecule has 0 bridgehead atoms. The highest BCUT2D eigenvalue weighted by Crippen LogP contribution is 2.31. The van der Waals surface area contributed by atoms with E-state index in [0.717, 1.165) is 4.31 Å². The average Bonchev–Trinajstić information content (AvgIpc) is 2.93. The van der Waals surface area contributed by atoms with Crippen LogP contribution in [0, 0.1) is 0 Å². The van der Waals surface area contributed by atoms with Crippen LogP contribution in [0.25, 0.3) is 0 Å². The fourth-order valence-electron chi connectivity index (χ4n) is 3.55. The maximum absolute atomic E-state index is 13.7. The number of hydrogen-bond acceptors (Lipinski definition) is 8. The number of rotatable bonds is 13. The van der Waals surface area contributed by atoms with Gasteiger partial charge in [-0.3, -0.25) is 4.79 Å². The minimum atomic E-state index is -4.18. The molecular formula is C27H31N3O7S. The smallest absolute Gasteiger partial charge is 0.255 e. The second-order valence-electron chi connectivity index (χ2n) is 7.91. The first-order valence-electron chi connectivity index (χ1n) is 11.7. The zero-order valence-electron chi connectivity index (χ0n) is 21.7. The highest BCUT2D eigenvalue weighted by Gasteiger charge is 2.30. The third-order valence-electron chi connectivity index (χ3n) is 5.40. The van der Waals surface area contributed by atoms with Gasteiger partial charge in [0.1, 0.15) is 16.4 Å². The van der Waals surface area contributed by atoms with E-state index in [1.165, 1.54) is 39.7 Å². The Kier molecular flexibility index (Phi) is 10.1. The highest BCUT2D eigenvalue weighted by atomic mass is 32.2. The molecule has 202 valence electrons. The van der Waals surface area contributed by atoms with E-state index in [1.807, 2.05) is 13.0 Å². The molecule has 0 radical (unpaired) electrons. The second-order valence-corrected chi connectivity index (χ2v) is 9.82. The summed E-state index contributed by atoms with van der Waals surface area (Å²) in [7, 11) is 0.157. The summed E-state index contributed by atoms with van der Waals surface area (Å²) in [5, 5.41) is 3.98. The minimum absolute atomic E-state index is 0.0449. The molecule has 10 nitrogen and oxygen atoms in total. The van der Waals surface area contributed by atoms with Crippen LogP contribution in [0.3, 0.4) is 0 Å². The molecule has 1 amide bonds. The molecule has 0 fully saturated rings. The van der Waals surface area contributed by atoms with Crippen molar-refractivity contribution in [3.63, 3.8) is 0 Å². The van der Waals surface area contributed by atoms with Gasteiger partial charge in [0.25, 0.3) is 5.91 Å². The molecule has 0 saturated heterocycles. The maximum atomic E-state index is 13.7. The molecule has 0 spiro atoms. The molecule has 0 saturated carbocycles. The van der Waals surface area contributed by atoms with Crippen molar-refractivity contribution < 1.29 is 32.2 Å². The first-order valence-corrected chi connectivity index (χ1v) is 13.1. The van der Waals surface area contributed by atoms with E-state index in [2.05, 4.69) is 10.5 Å². The fourth-order valence-corrected chi connectivity index (χ4v) is 5.11. The van der Waals surface area contributed by atoms with Crippen molar-refractivity contribution in [2.45, 2.75) is 18.4 Å². The van der Waals surface area contributed by atoms with Gasteiger partial charge < -0.3 is 18.9 Å². The van der Waals surface area contributed by atoms with Crippen LogP contribution in [0.2, 0.25) is 0 Å². The first kappa shape index (κ1) is 28.5. The summed E-state index contributed by atoms with van der Waals surface area (Å²) in [5.74, 6) is 0.955. The number of nitrogens with zero attached hydrogens (tertiary/aromatic N) is 2. The lowest BCUT2D eigenvalue weighted by atomic mass is 10.2. The Balaban J connectivity index is 1.83. The monoisotopic (exact) mass is 541 g/mol. The highest BCUT2D eigenvalue weighted by molar-refractivity contribution is 7.89. The standard InChI is InChI=1S/C27H31N3O7S/c1-5-37-23-13-11-21(15-25(23)36-4)17-28-29-27(31)19-30(18-20-9-7-6-8-10-20)38(32,33)26-16-22(34-2)12-14-24(26)35-3/h6-17H,5,18-19H2,1-4H3,(H,29,31)/b28-17+. The van der Waals surface area contributed by atoms with Crippen LogP contribution in [0.1, 0.15) is 18.1 Å². The second kappa shape index (κ2) is 13.5. The van der Waals surface area contributed by atoms with Gasteiger partial charge in [-0.15, -0.1) is 0 Å².